The van der Waals surface area contributed by atoms with Gasteiger partial charge in [0, 0.05) is 13.5 Å². The van der Waals surface area contributed by atoms with Crippen LogP contribution in [0.1, 0.15) is 35.8 Å². The van der Waals surface area contributed by atoms with Crippen molar-refractivity contribution in [2.75, 3.05) is 20.6 Å². The van der Waals surface area contributed by atoms with Gasteiger partial charge in [0.1, 0.15) is 0 Å². The molecule has 28 heavy (non-hydrogen) atoms. The molecule has 3 aromatic rings. The summed E-state index contributed by atoms with van der Waals surface area (Å²) in [6.07, 6.45) is 0.727. The van der Waals surface area contributed by atoms with E-state index in [2.05, 4.69) is 34.4 Å². The summed E-state index contributed by atoms with van der Waals surface area (Å²) in [6.45, 7) is 2.68. The maximum atomic E-state index is 13.0. The molecule has 0 aliphatic rings. The molecule has 6 nitrogen and oxygen atoms in total. The van der Waals surface area contributed by atoms with E-state index in [9.17, 15) is 4.79 Å². The fourth-order valence-electron chi connectivity index (χ4n) is 3.18. The van der Waals surface area contributed by atoms with Crippen LogP contribution in [0.15, 0.2) is 65.2 Å². The van der Waals surface area contributed by atoms with Crippen molar-refractivity contribution in [3.05, 3.63) is 83.5 Å². The Labute approximate surface area is 165 Å². The third-order valence-electron chi connectivity index (χ3n) is 4.65. The number of nitrogens with zero attached hydrogens (tertiary/aromatic N) is 4. The van der Waals surface area contributed by atoms with Crippen molar-refractivity contribution < 1.29 is 9.32 Å². The van der Waals surface area contributed by atoms with E-state index in [-0.39, 0.29) is 18.5 Å². The number of amides is 1. The van der Waals surface area contributed by atoms with Gasteiger partial charge in [-0.15, -0.1) is 0 Å². The number of benzene rings is 2. The Morgan fingerprint density at radius 2 is 1.57 bits per heavy atom. The van der Waals surface area contributed by atoms with Crippen molar-refractivity contribution in [3.63, 3.8) is 0 Å². The molecule has 146 valence electrons. The van der Waals surface area contributed by atoms with E-state index in [1.807, 2.05) is 62.3 Å². The predicted octanol–water partition coefficient (Wildman–Crippen LogP) is 3.31. The first-order valence-electron chi connectivity index (χ1n) is 9.44. The van der Waals surface area contributed by atoms with Crippen LogP contribution in [0.5, 0.6) is 0 Å². The van der Waals surface area contributed by atoms with Crippen molar-refractivity contribution in [1.82, 2.24) is 19.9 Å². The van der Waals surface area contributed by atoms with Gasteiger partial charge in [-0.3, -0.25) is 9.69 Å². The first-order valence-corrected chi connectivity index (χ1v) is 9.44. The highest BCUT2D eigenvalue weighted by atomic mass is 16.5. The minimum atomic E-state index is -0.140. The molecule has 0 fully saturated rings. The van der Waals surface area contributed by atoms with E-state index in [1.54, 1.807) is 4.90 Å². The highest BCUT2D eigenvalue weighted by Crippen LogP contribution is 2.27. The molecule has 0 saturated carbocycles. The number of carbonyl (C=O) groups excluding carboxylic acids is 1. The quantitative estimate of drug-likeness (QED) is 0.602. The Bertz CT molecular complexity index is 840. The molecule has 1 amide bonds. The van der Waals surface area contributed by atoms with Crippen molar-refractivity contribution in [2.45, 2.75) is 25.9 Å². The average molecular weight is 378 g/mol. The first kappa shape index (κ1) is 19.8. The summed E-state index contributed by atoms with van der Waals surface area (Å²) in [4.78, 5) is 21.0. The summed E-state index contributed by atoms with van der Waals surface area (Å²) in [6, 6.07) is 20.0. The van der Waals surface area contributed by atoms with E-state index in [4.69, 9.17) is 4.52 Å². The van der Waals surface area contributed by atoms with Crippen LogP contribution in [0.3, 0.4) is 0 Å². The Morgan fingerprint density at radius 1 is 1.00 bits per heavy atom. The average Bonchev–Trinajstić information content (AvgIpc) is 3.17. The number of carbonyl (C=O) groups is 1. The number of hydrogen-bond donors (Lipinski definition) is 0. The maximum absolute atomic E-state index is 13.0. The molecule has 0 atom stereocenters. The zero-order chi connectivity index (χ0) is 19.9. The van der Waals surface area contributed by atoms with E-state index >= 15 is 0 Å². The Hall–Kier alpha value is -2.99. The lowest BCUT2D eigenvalue weighted by Gasteiger charge is -2.30. The molecule has 0 radical (unpaired) electrons. The van der Waals surface area contributed by atoms with Gasteiger partial charge in [0.05, 0.1) is 19.1 Å². The van der Waals surface area contributed by atoms with Crippen LogP contribution in [-0.4, -0.2) is 46.5 Å². The summed E-state index contributed by atoms with van der Waals surface area (Å²) in [5, 5.41) is 3.90. The lowest BCUT2D eigenvalue weighted by Crippen LogP contribution is -2.39. The van der Waals surface area contributed by atoms with Gasteiger partial charge in [-0.25, -0.2) is 0 Å². The topological polar surface area (TPSA) is 62.5 Å². The summed E-state index contributed by atoms with van der Waals surface area (Å²) < 4.78 is 5.23. The molecule has 0 bridgehead atoms. The number of likely N-dealkylation sites (N-methyl/N-ethyl adjacent to an activating group) is 2. The van der Waals surface area contributed by atoms with Crippen LogP contribution in [0.2, 0.25) is 0 Å². The first-order chi connectivity index (χ1) is 13.6. The lowest BCUT2D eigenvalue weighted by atomic mass is 9.97. The molecular formula is C22H26N4O2. The molecule has 0 aliphatic heterocycles. The summed E-state index contributed by atoms with van der Waals surface area (Å²) in [7, 11) is 3.73. The van der Waals surface area contributed by atoms with Gasteiger partial charge < -0.3 is 9.42 Å². The lowest BCUT2D eigenvalue weighted by molar-refractivity contribution is -0.132. The molecule has 0 saturated heterocycles. The number of rotatable bonds is 8. The predicted molar refractivity (Wildman–Crippen MR) is 108 cm³/mol. The van der Waals surface area contributed by atoms with Crippen LogP contribution in [0, 0.1) is 0 Å². The molecule has 0 N–H and O–H groups in total. The van der Waals surface area contributed by atoms with Crippen LogP contribution in [0.25, 0.3) is 0 Å². The van der Waals surface area contributed by atoms with Crippen LogP contribution in [-0.2, 0) is 17.8 Å². The molecule has 0 spiro atoms. The molecule has 1 heterocycles. The monoisotopic (exact) mass is 378 g/mol. The van der Waals surface area contributed by atoms with Crippen LogP contribution < -0.4 is 0 Å². The fraction of sp³-hybridized carbons (Fsp3) is 0.318. The number of aromatic nitrogens is 2. The largest absolute Gasteiger partial charge is 0.338 e. The SMILES string of the molecule is CCc1noc(CN(C)CC(=O)N(C)C(c2ccccc2)c2ccccc2)n1. The molecule has 0 aliphatic carbocycles. The van der Waals surface area contributed by atoms with Crippen molar-refractivity contribution in [3.8, 4) is 0 Å². The van der Waals surface area contributed by atoms with Gasteiger partial charge >= 0.3 is 0 Å². The molecule has 3 rings (SSSR count). The van der Waals surface area contributed by atoms with Gasteiger partial charge in [-0.1, -0.05) is 72.7 Å². The zero-order valence-corrected chi connectivity index (χ0v) is 16.6. The van der Waals surface area contributed by atoms with E-state index in [1.165, 1.54) is 0 Å². The fourth-order valence-corrected chi connectivity index (χ4v) is 3.18. The molecule has 6 heteroatoms. The second kappa shape index (κ2) is 9.28. The number of aryl methyl sites for hydroxylation is 1. The summed E-state index contributed by atoms with van der Waals surface area (Å²) in [5.41, 5.74) is 2.16. The van der Waals surface area contributed by atoms with Crippen molar-refractivity contribution >= 4 is 5.91 Å². The van der Waals surface area contributed by atoms with Gasteiger partial charge in [0.15, 0.2) is 5.82 Å². The zero-order valence-electron chi connectivity index (χ0n) is 16.6. The van der Waals surface area contributed by atoms with E-state index in [0.717, 1.165) is 17.5 Å². The molecule has 2 aromatic carbocycles. The van der Waals surface area contributed by atoms with Gasteiger partial charge in [0.2, 0.25) is 11.8 Å². The van der Waals surface area contributed by atoms with Gasteiger partial charge in [-0.2, -0.15) is 4.98 Å². The third kappa shape index (κ3) is 4.84. The second-order valence-electron chi connectivity index (χ2n) is 6.86. The highest BCUT2D eigenvalue weighted by Gasteiger charge is 2.24. The molecular weight excluding hydrogens is 352 g/mol. The van der Waals surface area contributed by atoms with E-state index in [0.29, 0.717) is 18.3 Å². The summed E-state index contributed by atoms with van der Waals surface area (Å²) >= 11 is 0. The minimum absolute atomic E-state index is 0.0236. The Morgan fingerprint density at radius 3 is 2.07 bits per heavy atom. The second-order valence-corrected chi connectivity index (χ2v) is 6.86. The van der Waals surface area contributed by atoms with E-state index < -0.39 is 0 Å². The highest BCUT2D eigenvalue weighted by molar-refractivity contribution is 5.79. The van der Waals surface area contributed by atoms with Crippen LogP contribution in [0.4, 0.5) is 0 Å². The summed E-state index contributed by atoms with van der Waals surface area (Å²) in [5.74, 6) is 1.23. The molecule has 0 unspecified atom stereocenters. The smallest absolute Gasteiger partial charge is 0.240 e. The Kier molecular flexibility index (Phi) is 6.55. The van der Waals surface area contributed by atoms with Crippen LogP contribution >= 0.6 is 0 Å². The Balaban J connectivity index is 1.73. The van der Waals surface area contributed by atoms with Gasteiger partial charge in [-0.05, 0) is 18.2 Å². The number of hydrogen-bond acceptors (Lipinski definition) is 5. The maximum Gasteiger partial charge on any atom is 0.240 e. The standard InChI is InChI=1S/C22H26N4O2/c1-4-19-23-20(28-24-19)15-25(2)16-21(27)26(3)22(17-11-7-5-8-12-17)18-13-9-6-10-14-18/h5-14,22H,4,15-16H2,1-3H3. The normalized spacial score (nSPS) is 11.2. The minimum Gasteiger partial charge on any atom is -0.338 e. The third-order valence-corrected chi connectivity index (χ3v) is 4.65. The van der Waals surface area contributed by atoms with Crippen molar-refractivity contribution in [1.29, 1.82) is 0 Å². The van der Waals surface area contributed by atoms with Gasteiger partial charge in [0.25, 0.3) is 0 Å². The van der Waals surface area contributed by atoms with Crippen molar-refractivity contribution in [2.24, 2.45) is 0 Å². The molecule has 1 aromatic heterocycles.